The van der Waals surface area contributed by atoms with Gasteiger partial charge in [-0.2, -0.15) is 5.26 Å². The zero-order valence-corrected chi connectivity index (χ0v) is 14.0. The van der Waals surface area contributed by atoms with E-state index >= 15 is 0 Å². The number of amides is 1. The van der Waals surface area contributed by atoms with Gasteiger partial charge in [-0.3, -0.25) is 4.79 Å². The molecule has 0 radical (unpaired) electrons. The normalized spacial score (nSPS) is 13.5. The molecule has 2 aromatic rings. The van der Waals surface area contributed by atoms with E-state index in [9.17, 15) is 10.1 Å². The van der Waals surface area contributed by atoms with Crippen molar-refractivity contribution < 1.29 is 9.63 Å². The summed E-state index contributed by atoms with van der Waals surface area (Å²) in [5, 5.41) is 18.5. The molecule has 1 aliphatic rings. The number of nitriles is 1. The second kappa shape index (κ2) is 7.40. The van der Waals surface area contributed by atoms with Gasteiger partial charge in [0.15, 0.2) is 6.61 Å². The maximum Gasteiger partial charge on any atom is 0.265 e. The second-order valence-electron chi connectivity index (χ2n) is 5.10. The van der Waals surface area contributed by atoms with Crippen LogP contribution in [0, 0.1) is 11.3 Å². The number of hydrogen-bond acceptors (Lipinski definition) is 6. The van der Waals surface area contributed by atoms with E-state index in [4.69, 9.17) is 4.84 Å². The van der Waals surface area contributed by atoms with Crippen LogP contribution in [0.15, 0.2) is 22.7 Å². The number of carbonyl (C=O) groups is 1. The molecule has 0 saturated carbocycles. The molecule has 0 fully saturated rings. The summed E-state index contributed by atoms with van der Waals surface area (Å²) in [5.41, 5.74) is 1.72. The topological polar surface area (TPSA) is 74.5 Å². The summed E-state index contributed by atoms with van der Waals surface area (Å²) in [6.45, 7) is -0.171. The van der Waals surface area contributed by atoms with Crippen LogP contribution in [0.25, 0.3) is 0 Å². The Bertz CT molecular complexity index is 757. The second-order valence-corrected chi connectivity index (χ2v) is 7.18. The van der Waals surface area contributed by atoms with E-state index in [1.54, 1.807) is 17.6 Å². The molecule has 2 aromatic heterocycles. The van der Waals surface area contributed by atoms with Gasteiger partial charge in [0.2, 0.25) is 0 Å². The molecule has 0 aliphatic heterocycles. The molecule has 2 heterocycles. The number of anilines is 1. The molecule has 0 unspecified atom stereocenters. The van der Waals surface area contributed by atoms with Crippen molar-refractivity contribution >= 4 is 39.8 Å². The van der Waals surface area contributed by atoms with Gasteiger partial charge >= 0.3 is 0 Å². The van der Waals surface area contributed by atoms with Gasteiger partial charge in [-0.15, -0.1) is 22.7 Å². The van der Waals surface area contributed by atoms with Gasteiger partial charge < -0.3 is 10.2 Å². The summed E-state index contributed by atoms with van der Waals surface area (Å²) >= 11 is 3.05. The van der Waals surface area contributed by atoms with E-state index in [-0.39, 0.29) is 12.5 Å². The van der Waals surface area contributed by atoms with E-state index in [1.165, 1.54) is 16.2 Å². The fourth-order valence-electron chi connectivity index (χ4n) is 2.48. The van der Waals surface area contributed by atoms with E-state index in [0.29, 0.717) is 10.6 Å². The third-order valence-electron chi connectivity index (χ3n) is 3.53. The Morgan fingerprint density at radius 2 is 2.35 bits per heavy atom. The van der Waals surface area contributed by atoms with Crippen molar-refractivity contribution in [2.45, 2.75) is 25.7 Å². The highest BCUT2D eigenvalue weighted by Crippen LogP contribution is 2.37. The lowest BCUT2D eigenvalue weighted by Gasteiger charge is -2.09. The van der Waals surface area contributed by atoms with Crippen LogP contribution in [0.1, 0.15) is 33.7 Å². The van der Waals surface area contributed by atoms with Gasteiger partial charge in [0.1, 0.15) is 11.1 Å². The maximum absolute atomic E-state index is 11.9. The highest BCUT2D eigenvalue weighted by Gasteiger charge is 2.21. The summed E-state index contributed by atoms with van der Waals surface area (Å²) in [4.78, 5) is 19.1. The fraction of sp³-hybridized carbons (Fsp3) is 0.312. The number of nitrogens with one attached hydrogen (secondary N) is 1. The van der Waals surface area contributed by atoms with Crippen molar-refractivity contribution in [3.8, 4) is 6.07 Å². The molecule has 1 amide bonds. The minimum atomic E-state index is -0.302. The van der Waals surface area contributed by atoms with Gasteiger partial charge in [-0.1, -0.05) is 11.2 Å². The Morgan fingerprint density at radius 3 is 3.13 bits per heavy atom. The Kier molecular flexibility index (Phi) is 5.05. The molecule has 7 heteroatoms. The average Bonchev–Trinajstić information content (AvgIpc) is 3.18. The van der Waals surface area contributed by atoms with Crippen LogP contribution in [0.2, 0.25) is 0 Å². The first-order valence-electron chi connectivity index (χ1n) is 7.31. The van der Waals surface area contributed by atoms with Crippen LogP contribution < -0.4 is 5.32 Å². The van der Waals surface area contributed by atoms with Gasteiger partial charge in [0.25, 0.3) is 5.91 Å². The highest BCUT2D eigenvalue weighted by atomic mass is 32.1. The predicted octanol–water partition coefficient (Wildman–Crippen LogP) is 3.55. The molecule has 0 saturated heterocycles. The number of rotatable bonds is 5. The lowest BCUT2D eigenvalue weighted by molar-refractivity contribution is -0.120. The van der Waals surface area contributed by atoms with Crippen molar-refractivity contribution in [1.29, 1.82) is 5.26 Å². The Balaban J connectivity index is 1.58. The van der Waals surface area contributed by atoms with Crippen molar-refractivity contribution in [2.75, 3.05) is 11.9 Å². The van der Waals surface area contributed by atoms with Gasteiger partial charge in [-0.05, 0) is 42.7 Å². The van der Waals surface area contributed by atoms with Crippen LogP contribution in [0.5, 0.6) is 0 Å². The van der Waals surface area contributed by atoms with Gasteiger partial charge in [0, 0.05) is 9.75 Å². The first kappa shape index (κ1) is 15.7. The molecule has 1 aliphatic carbocycles. The monoisotopic (exact) mass is 345 g/mol. The highest BCUT2D eigenvalue weighted by molar-refractivity contribution is 7.16. The standard InChI is InChI=1S/C16H15N3O2S2/c17-8-13-12-5-1-2-6-14(12)23-16(13)19-15(20)10-21-18-9-11-4-3-7-22-11/h3-4,7,9H,1-2,5-6,10H2,(H,19,20). The third kappa shape index (κ3) is 3.78. The molecule has 118 valence electrons. The van der Waals surface area contributed by atoms with Crippen LogP contribution in [0.4, 0.5) is 5.00 Å². The number of hydrogen-bond donors (Lipinski definition) is 1. The number of aryl methyl sites for hydroxylation is 1. The molecule has 23 heavy (non-hydrogen) atoms. The predicted molar refractivity (Wildman–Crippen MR) is 92.2 cm³/mol. The molecule has 0 spiro atoms. The van der Waals surface area contributed by atoms with Crippen LogP contribution in [0.3, 0.4) is 0 Å². The van der Waals surface area contributed by atoms with Crippen molar-refractivity contribution in [2.24, 2.45) is 5.16 Å². The summed E-state index contributed by atoms with van der Waals surface area (Å²) in [7, 11) is 0. The van der Waals surface area contributed by atoms with Gasteiger partial charge in [-0.25, -0.2) is 0 Å². The summed E-state index contributed by atoms with van der Waals surface area (Å²) in [5.74, 6) is -0.302. The van der Waals surface area contributed by atoms with Crippen LogP contribution in [-0.2, 0) is 22.5 Å². The molecule has 0 aromatic carbocycles. The minimum Gasteiger partial charge on any atom is -0.386 e. The summed E-state index contributed by atoms with van der Waals surface area (Å²) in [6, 6.07) is 6.05. The van der Waals surface area contributed by atoms with Crippen LogP contribution >= 0.6 is 22.7 Å². The minimum absolute atomic E-state index is 0.171. The van der Waals surface area contributed by atoms with E-state index in [2.05, 4.69) is 16.5 Å². The van der Waals surface area contributed by atoms with Gasteiger partial charge in [0.05, 0.1) is 11.8 Å². The molecule has 0 atom stereocenters. The van der Waals surface area contributed by atoms with E-state index in [0.717, 1.165) is 36.1 Å². The number of nitrogens with zero attached hydrogens (tertiary/aromatic N) is 2. The van der Waals surface area contributed by atoms with E-state index < -0.39 is 0 Å². The summed E-state index contributed by atoms with van der Waals surface area (Å²) in [6.07, 6.45) is 5.74. The zero-order valence-electron chi connectivity index (χ0n) is 12.4. The summed E-state index contributed by atoms with van der Waals surface area (Å²) < 4.78 is 0. The smallest absolute Gasteiger partial charge is 0.265 e. The fourth-order valence-corrected chi connectivity index (χ4v) is 4.32. The van der Waals surface area contributed by atoms with E-state index in [1.807, 2.05) is 17.5 Å². The number of oxime groups is 1. The number of thiophene rings is 2. The first-order valence-corrected chi connectivity index (χ1v) is 9.01. The third-order valence-corrected chi connectivity index (χ3v) is 5.54. The molecular weight excluding hydrogens is 330 g/mol. The van der Waals surface area contributed by atoms with Crippen LogP contribution in [-0.4, -0.2) is 18.7 Å². The number of fused-ring (bicyclic) bond motifs is 1. The Labute approximate surface area is 142 Å². The Morgan fingerprint density at radius 1 is 1.48 bits per heavy atom. The molecule has 0 bridgehead atoms. The average molecular weight is 345 g/mol. The molecule has 5 nitrogen and oxygen atoms in total. The Hall–Kier alpha value is -2.17. The molecule has 1 N–H and O–H groups in total. The quantitative estimate of drug-likeness (QED) is 0.665. The van der Waals surface area contributed by atoms with Crippen molar-refractivity contribution in [1.82, 2.24) is 0 Å². The van der Waals surface area contributed by atoms with Crippen molar-refractivity contribution in [3.63, 3.8) is 0 Å². The lowest BCUT2D eigenvalue weighted by atomic mass is 9.96. The first-order chi connectivity index (χ1) is 11.3. The maximum atomic E-state index is 11.9. The lowest BCUT2D eigenvalue weighted by Crippen LogP contribution is -2.16. The largest absolute Gasteiger partial charge is 0.386 e. The molecular formula is C16H15N3O2S2. The SMILES string of the molecule is N#Cc1c(NC(=O)CON=Cc2cccs2)sc2c1CCCC2. The van der Waals surface area contributed by atoms with Crippen molar-refractivity contribution in [3.05, 3.63) is 38.4 Å². The zero-order chi connectivity index (χ0) is 16.1. The molecule has 3 rings (SSSR count). The number of carbonyl (C=O) groups excluding carboxylic acids is 1.